The molecule has 0 spiro atoms. The Balaban J connectivity index is 2.27. The predicted molar refractivity (Wildman–Crippen MR) is 48.0 cm³/mol. The first-order chi connectivity index (χ1) is 7.18. The molecule has 75 valence electrons. The first kappa shape index (κ1) is 9.06. The molecule has 1 aromatic carbocycles. The van der Waals surface area contributed by atoms with Crippen LogP contribution in [0.1, 0.15) is 0 Å². The molecule has 1 aromatic rings. The van der Waals surface area contributed by atoms with E-state index in [1.54, 1.807) is 0 Å². The lowest BCUT2D eigenvalue weighted by molar-refractivity contribution is -0.384. The van der Waals surface area contributed by atoms with Crippen molar-refractivity contribution >= 4 is 17.4 Å². The van der Waals surface area contributed by atoms with Gasteiger partial charge in [0.2, 0.25) is 0 Å². The Kier molecular flexibility index (Phi) is 2.01. The number of anilines is 1. The highest BCUT2D eigenvalue weighted by Gasteiger charge is 2.22. The summed E-state index contributed by atoms with van der Waals surface area (Å²) in [6, 6.07) is 4.72. The van der Waals surface area contributed by atoms with Crippen LogP contribution in [0.5, 0.6) is 0 Å². The largest absolute Gasteiger partial charge is 0.390 e. The van der Waals surface area contributed by atoms with Gasteiger partial charge in [-0.25, -0.2) is 4.79 Å². The molecule has 0 atom stereocenters. The minimum absolute atomic E-state index is 0.0562. The van der Waals surface area contributed by atoms with E-state index in [2.05, 4.69) is 15.9 Å². The number of hydrogen-bond acceptors (Lipinski definition) is 5. The van der Waals surface area contributed by atoms with Crippen LogP contribution in [-0.2, 0) is 0 Å². The topological polar surface area (TPSA) is 102 Å². The molecule has 0 unspecified atom stereocenters. The Labute approximate surface area is 83.3 Å². The molecule has 1 aliphatic heterocycles. The van der Waals surface area contributed by atoms with Gasteiger partial charge in [0.15, 0.2) is 0 Å². The minimum Gasteiger partial charge on any atom is -0.258 e. The van der Waals surface area contributed by atoms with E-state index >= 15 is 0 Å². The summed E-state index contributed by atoms with van der Waals surface area (Å²) in [5.41, 5.74) is 3.49. The van der Waals surface area contributed by atoms with Crippen LogP contribution in [0.25, 0.3) is 0 Å². The van der Waals surface area contributed by atoms with E-state index in [0.29, 0.717) is 5.69 Å². The second kappa shape index (κ2) is 3.33. The van der Waals surface area contributed by atoms with Crippen molar-refractivity contribution in [1.29, 1.82) is 0 Å². The molecule has 0 N–H and O–H groups in total. The van der Waals surface area contributed by atoms with Crippen molar-refractivity contribution in [3.05, 3.63) is 34.4 Å². The van der Waals surface area contributed by atoms with Gasteiger partial charge in [-0.1, -0.05) is 5.43 Å². The van der Waals surface area contributed by atoms with Crippen LogP contribution in [0.3, 0.4) is 0 Å². The number of nitro benzene ring substituents is 1. The molecule has 1 heterocycles. The molecule has 0 aromatic heterocycles. The van der Waals surface area contributed by atoms with Gasteiger partial charge in [0.05, 0.1) is 10.6 Å². The molecule has 0 saturated carbocycles. The molecule has 0 fully saturated rings. The number of nitro groups is 1. The third-order valence-electron chi connectivity index (χ3n) is 1.75. The van der Waals surface area contributed by atoms with Crippen LogP contribution in [0.2, 0.25) is 0 Å². The molecule has 8 heteroatoms. The molecule has 1 aliphatic rings. The Hall–Kier alpha value is -2.51. The van der Waals surface area contributed by atoms with Gasteiger partial charge in [-0.15, -0.1) is 0 Å². The standard InChI is InChI=1S/C7H4N5O3/c13-7-8-9-10-11(7)5-1-3-6(4-2-5)12(14)15/h1-4H. The Bertz CT molecular complexity index is 440. The quantitative estimate of drug-likeness (QED) is 0.539. The van der Waals surface area contributed by atoms with Gasteiger partial charge in [0, 0.05) is 12.1 Å². The van der Waals surface area contributed by atoms with E-state index in [-0.39, 0.29) is 5.69 Å². The summed E-state index contributed by atoms with van der Waals surface area (Å²) in [5, 5.41) is 17.9. The summed E-state index contributed by atoms with van der Waals surface area (Å²) < 4.78 is 0. The normalized spacial score (nSPS) is 14.1. The molecule has 0 saturated heterocycles. The van der Waals surface area contributed by atoms with E-state index in [9.17, 15) is 14.9 Å². The third kappa shape index (κ3) is 1.59. The number of benzene rings is 1. The van der Waals surface area contributed by atoms with Gasteiger partial charge < -0.3 is 0 Å². The van der Waals surface area contributed by atoms with Gasteiger partial charge in [-0.05, 0) is 22.6 Å². The number of amides is 2. The Morgan fingerprint density at radius 1 is 1.27 bits per heavy atom. The van der Waals surface area contributed by atoms with Crippen molar-refractivity contribution in [3.8, 4) is 0 Å². The Morgan fingerprint density at radius 2 is 1.93 bits per heavy atom. The van der Waals surface area contributed by atoms with E-state index in [0.717, 1.165) is 5.01 Å². The van der Waals surface area contributed by atoms with Crippen molar-refractivity contribution in [2.45, 2.75) is 0 Å². The second-order valence-corrected chi connectivity index (χ2v) is 2.65. The Morgan fingerprint density at radius 3 is 2.40 bits per heavy atom. The van der Waals surface area contributed by atoms with Crippen molar-refractivity contribution < 1.29 is 9.72 Å². The fraction of sp³-hybridized carbons (Fsp3) is 0. The maximum Gasteiger partial charge on any atom is 0.390 e. The van der Waals surface area contributed by atoms with Gasteiger partial charge in [-0.2, -0.15) is 5.01 Å². The fourth-order valence-electron chi connectivity index (χ4n) is 1.06. The molecule has 15 heavy (non-hydrogen) atoms. The highest BCUT2D eigenvalue weighted by atomic mass is 16.6. The van der Waals surface area contributed by atoms with Crippen LogP contribution < -0.4 is 10.4 Å². The van der Waals surface area contributed by atoms with Crippen molar-refractivity contribution in [2.75, 3.05) is 5.01 Å². The van der Waals surface area contributed by atoms with Crippen molar-refractivity contribution in [1.82, 2.24) is 5.43 Å². The summed E-state index contributed by atoms with van der Waals surface area (Å²) in [6.45, 7) is 0. The lowest BCUT2D eigenvalue weighted by Crippen LogP contribution is -2.22. The summed E-state index contributed by atoms with van der Waals surface area (Å²) in [7, 11) is 0. The first-order valence-corrected chi connectivity index (χ1v) is 3.89. The summed E-state index contributed by atoms with van der Waals surface area (Å²) in [6.07, 6.45) is 0. The molecular weight excluding hydrogens is 202 g/mol. The number of carbonyl (C=O) groups is 1. The average Bonchev–Trinajstić information content (AvgIpc) is 2.65. The number of hydrogen-bond donors (Lipinski definition) is 0. The average molecular weight is 206 g/mol. The van der Waals surface area contributed by atoms with Crippen LogP contribution in [0.15, 0.2) is 34.7 Å². The molecule has 2 amide bonds. The van der Waals surface area contributed by atoms with Gasteiger partial charge in [-0.3, -0.25) is 10.1 Å². The predicted octanol–water partition coefficient (Wildman–Crippen LogP) is 1.42. The lowest BCUT2D eigenvalue weighted by atomic mass is 10.3. The molecule has 8 nitrogen and oxygen atoms in total. The zero-order valence-electron chi connectivity index (χ0n) is 7.27. The van der Waals surface area contributed by atoms with Gasteiger partial charge in [0.25, 0.3) is 5.69 Å². The SMILES string of the molecule is O=C1[N]N=NN1c1ccc([N+](=O)[O-])cc1. The number of carbonyl (C=O) groups excluding carboxylic acids is 1. The highest BCUT2D eigenvalue weighted by Crippen LogP contribution is 2.21. The lowest BCUT2D eigenvalue weighted by Gasteiger charge is -2.06. The van der Waals surface area contributed by atoms with Crippen LogP contribution >= 0.6 is 0 Å². The van der Waals surface area contributed by atoms with Crippen LogP contribution in [-0.4, -0.2) is 11.0 Å². The summed E-state index contributed by atoms with van der Waals surface area (Å²) >= 11 is 0. The number of nitrogens with zero attached hydrogens (tertiary/aromatic N) is 5. The van der Waals surface area contributed by atoms with E-state index in [1.165, 1.54) is 24.3 Å². The van der Waals surface area contributed by atoms with Gasteiger partial charge >= 0.3 is 6.03 Å². The third-order valence-corrected chi connectivity index (χ3v) is 1.75. The molecule has 2 rings (SSSR count). The summed E-state index contributed by atoms with van der Waals surface area (Å²) in [5.74, 6) is 0. The van der Waals surface area contributed by atoms with Crippen molar-refractivity contribution in [2.24, 2.45) is 10.4 Å². The first-order valence-electron chi connectivity index (χ1n) is 3.89. The van der Waals surface area contributed by atoms with E-state index in [1.807, 2.05) is 0 Å². The van der Waals surface area contributed by atoms with Crippen molar-refractivity contribution in [3.63, 3.8) is 0 Å². The monoisotopic (exact) mass is 206 g/mol. The fourth-order valence-corrected chi connectivity index (χ4v) is 1.06. The number of rotatable bonds is 2. The van der Waals surface area contributed by atoms with E-state index < -0.39 is 11.0 Å². The smallest absolute Gasteiger partial charge is 0.258 e. The van der Waals surface area contributed by atoms with Crippen LogP contribution in [0.4, 0.5) is 16.2 Å². The number of urea groups is 1. The maximum atomic E-state index is 11.0. The highest BCUT2D eigenvalue weighted by molar-refractivity contribution is 5.91. The zero-order chi connectivity index (χ0) is 10.8. The second-order valence-electron chi connectivity index (χ2n) is 2.65. The van der Waals surface area contributed by atoms with Gasteiger partial charge in [0.1, 0.15) is 0 Å². The molecule has 0 bridgehead atoms. The maximum absolute atomic E-state index is 11.0. The molecule has 1 radical (unpaired) electrons. The van der Waals surface area contributed by atoms with Crippen LogP contribution in [0, 0.1) is 10.1 Å². The number of non-ortho nitro benzene ring substituents is 1. The van der Waals surface area contributed by atoms with E-state index in [4.69, 9.17) is 0 Å². The minimum atomic E-state index is -0.621. The summed E-state index contributed by atoms with van der Waals surface area (Å²) in [4.78, 5) is 20.9. The molecular formula is C7H4N5O3. The molecule has 0 aliphatic carbocycles. The zero-order valence-corrected chi connectivity index (χ0v) is 7.27.